The number of aromatic nitrogens is 3. The second-order valence-electron chi connectivity index (χ2n) is 13.7. The van der Waals surface area contributed by atoms with Crippen LogP contribution in [-0.4, -0.2) is 14.5 Å². The Hall–Kier alpha value is -6.84. The first-order valence-electron chi connectivity index (χ1n) is 18.3. The summed E-state index contributed by atoms with van der Waals surface area (Å²) in [5.74, 6) is 0.713. The lowest BCUT2D eigenvalue weighted by Crippen LogP contribution is -1.99. The highest BCUT2D eigenvalue weighted by atomic mass is 15.0. The molecule has 0 radical (unpaired) electrons. The number of benzene rings is 7. The van der Waals surface area contributed by atoms with Crippen LogP contribution in [0.2, 0.25) is 0 Å². The van der Waals surface area contributed by atoms with Crippen LogP contribution < -0.4 is 0 Å². The topological polar surface area (TPSA) is 30.7 Å². The lowest BCUT2D eigenvalue weighted by Gasteiger charge is -2.15. The Labute approximate surface area is 309 Å². The van der Waals surface area contributed by atoms with Gasteiger partial charge in [-0.15, -0.1) is 0 Å². The second-order valence-corrected chi connectivity index (χ2v) is 13.7. The predicted molar refractivity (Wildman–Crippen MR) is 221 cm³/mol. The van der Waals surface area contributed by atoms with Crippen molar-refractivity contribution in [1.82, 2.24) is 14.5 Å². The number of hydrogen-bond acceptors (Lipinski definition) is 2. The van der Waals surface area contributed by atoms with Crippen molar-refractivity contribution in [3.8, 4) is 61.8 Å². The van der Waals surface area contributed by atoms with Gasteiger partial charge in [0.25, 0.3) is 0 Å². The smallest absolute Gasteiger partial charge is 0.160 e. The van der Waals surface area contributed by atoms with Crippen LogP contribution in [0.3, 0.4) is 0 Å². The first kappa shape index (κ1) is 30.9. The predicted octanol–water partition coefficient (Wildman–Crippen LogP) is 12.9. The van der Waals surface area contributed by atoms with Crippen molar-refractivity contribution in [1.29, 1.82) is 0 Å². The van der Waals surface area contributed by atoms with Crippen LogP contribution in [0.4, 0.5) is 0 Å². The number of rotatable bonds is 6. The van der Waals surface area contributed by atoms with E-state index < -0.39 is 0 Å². The zero-order chi connectivity index (χ0) is 35.1. The molecule has 3 nitrogen and oxygen atoms in total. The van der Waals surface area contributed by atoms with Crippen LogP contribution in [0.25, 0.3) is 89.6 Å². The maximum atomic E-state index is 5.24. The van der Waals surface area contributed by atoms with E-state index in [4.69, 9.17) is 9.97 Å². The van der Waals surface area contributed by atoms with Crippen LogP contribution in [0.1, 0.15) is 17.7 Å². The summed E-state index contributed by atoms with van der Waals surface area (Å²) in [6.45, 7) is 0. The Balaban J connectivity index is 1.15. The van der Waals surface area contributed by atoms with E-state index in [9.17, 15) is 0 Å². The SMILES string of the molecule is C1=Cc2c(c3c(-c4ccc(-c5cc(-c6ccc(-c7ccccc7)cc6)nc(-c6ccccc6)n5)c5ccccc45)cccc3n2-c2ccccc2)CC1. The lowest BCUT2D eigenvalue weighted by atomic mass is 9.90. The molecular formula is C50H35N3. The molecule has 0 atom stereocenters. The van der Waals surface area contributed by atoms with E-state index >= 15 is 0 Å². The van der Waals surface area contributed by atoms with Crippen LogP contribution in [0, 0.1) is 0 Å². The summed E-state index contributed by atoms with van der Waals surface area (Å²) in [6, 6.07) is 62.5. The zero-order valence-electron chi connectivity index (χ0n) is 29.2. The van der Waals surface area contributed by atoms with Crippen molar-refractivity contribution >= 4 is 27.8 Å². The maximum Gasteiger partial charge on any atom is 0.160 e. The molecule has 0 unspecified atom stereocenters. The molecule has 2 heterocycles. The Bertz CT molecular complexity index is 2800. The van der Waals surface area contributed by atoms with Gasteiger partial charge >= 0.3 is 0 Å². The minimum Gasteiger partial charge on any atom is -0.310 e. The lowest BCUT2D eigenvalue weighted by molar-refractivity contribution is 0.968. The number of allylic oxidation sites excluding steroid dienone is 1. The Morgan fingerprint density at radius 1 is 0.453 bits per heavy atom. The average molecular weight is 678 g/mol. The fourth-order valence-electron chi connectivity index (χ4n) is 8.04. The third-order valence-corrected chi connectivity index (χ3v) is 10.5. The van der Waals surface area contributed by atoms with Crippen molar-refractivity contribution in [2.75, 3.05) is 0 Å². The van der Waals surface area contributed by atoms with Crippen molar-refractivity contribution in [3.05, 3.63) is 193 Å². The molecule has 9 aromatic rings. The fourth-order valence-corrected chi connectivity index (χ4v) is 8.04. The molecule has 7 aromatic carbocycles. The van der Waals surface area contributed by atoms with Gasteiger partial charge in [0.15, 0.2) is 5.82 Å². The monoisotopic (exact) mass is 677 g/mol. The van der Waals surface area contributed by atoms with Crippen LogP contribution in [-0.2, 0) is 6.42 Å². The van der Waals surface area contributed by atoms with Crippen LogP contribution >= 0.6 is 0 Å². The molecule has 0 N–H and O–H groups in total. The number of nitrogens with zero attached hydrogens (tertiary/aromatic N) is 3. The van der Waals surface area contributed by atoms with Gasteiger partial charge < -0.3 is 4.57 Å². The molecule has 2 aromatic heterocycles. The maximum absolute atomic E-state index is 5.24. The quantitative estimate of drug-likeness (QED) is 0.175. The molecule has 0 saturated carbocycles. The van der Waals surface area contributed by atoms with E-state index in [-0.39, 0.29) is 0 Å². The Kier molecular flexibility index (Phi) is 7.62. The molecule has 1 aliphatic rings. The largest absolute Gasteiger partial charge is 0.310 e. The van der Waals surface area contributed by atoms with Gasteiger partial charge in [-0.3, -0.25) is 0 Å². The minimum absolute atomic E-state index is 0.713. The molecule has 1 aliphatic carbocycles. The average Bonchev–Trinajstić information content (AvgIpc) is 3.59. The molecule has 0 spiro atoms. The molecule has 0 saturated heterocycles. The summed E-state index contributed by atoms with van der Waals surface area (Å²) in [4.78, 5) is 10.4. The highest BCUT2D eigenvalue weighted by Gasteiger charge is 2.23. The molecule has 10 rings (SSSR count). The van der Waals surface area contributed by atoms with Gasteiger partial charge in [-0.05, 0) is 81.8 Å². The van der Waals surface area contributed by atoms with E-state index in [1.165, 1.54) is 60.9 Å². The summed E-state index contributed by atoms with van der Waals surface area (Å²) < 4.78 is 2.43. The molecule has 0 amide bonds. The van der Waals surface area contributed by atoms with Gasteiger partial charge in [0.2, 0.25) is 0 Å². The molecule has 250 valence electrons. The Morgan fingerprint density at radius 2 is 1.06 bits per heavy atom. The van der Waals surface area contributed by atoms with Crippen molar-refractivity contribution in [2.24, 2.45) is 0 Å². The zero-order valence-corrected chi connectivity index (χ0v) is 29.2. The minimum atomic E-state index is 0.713. The number of fused-ring (bicyclic) bond motifs is 4. The molecular weight excluding hydrogens is 643 g/mol. The third kappa shape index (κ3) is 5.46. The van der Waals surface area contributed by atoms with E-state index in [1.807, 2.05) is 18.2 Å². The number of para-hydroxylation sites is 1. The summed E-state index contributed by atoms with van der Waals surface area (Å²) in [7, 11) is 0. The summed E-state index contributed by atoms with van der Waals surface area (Å²) in [6.07, 6.45) is 6.68. The van der Waals surface area contributed by atoms with Gasteiger partial charge in [-0.25, -0.2) is 9.97 Å². The third-order valence-electron chi connectivity index (χ3n) is 10.5. The van der Waals surface area contributed by atoms with E-state index in [0.717, 1.165) is 40.9 Å². The van der Waals surface area contributed by atoms with E-state index in [1.54, 1.807) is 0 Å². The van der Waals surface area contributed by atoms with Crippen molar-refractivity contribution < 1.29 is 0 Å². The molecule has 0 bridgehead atoms. The van der Waals surface area contributed by atoms with Gasteiger partial charge in [0.1, 0.15) is 0 Å². The first-order valence-corrected chi connectivity index (χ1v) is 18.3. The van der Waals surface area contributed by atoms with Crippen molar-refractivity contribution in [2.45, 2.75) is 12.8 Å². The van der Waals surface area contributed by atoms with Crippen LogP contribution in [0.15, 0.2) is 182 Å². The number of aryl methyl sites for hydroxylation is 1. The van der Waals surface area contributed by atoms with Crippen LogP contribution in [0.5, 0.6) is 0 Å². The van der Waals surface area contributed by atoms with E-state index in [0.29, 0.717) is 5.82 Å². The summed E-state index contributed by atoms with van der Waals surface area (Å²) in [5.41, 5.74) is 14.9. The first-order chi connectivity index (χ1) is 26.3. The molecule has 0 aliphatic heterocycles. The fraction of sp³-hybridized carbons (Fsp3) is 0.0400. The summed E-state index contributed by atoms with van der Waals surface area (Å²) in [5, 5.41) is 3.71. The standard InChI is InChI=1S/C50H35N3/c1-4-15-34(16-5-1)35-27-29-36(30-28-35)45-33-46(52-50(51-45)37-17-6-2-7-18-37)42-32-31-41(39-21-10-11-22-40(39)42)43-24-14-26-48-49(43)44-23-12-13-25-47(44)53(48)38-19-8-3-9-20-38/h1-11,13-22,24-33H,12,23H2. The normalized spacial score (nSPS) is 12.3. The number of hydrogen-bond donors (Lipinski definition) is 0. The molecule has 0 fully saturated rings. The molecule has 3 heteroatoms. The van der Waals surface area contributed by atoms with Gasteiger partial charge in [-0.2, -0.15) is 0 Å². The molecule has 53 heavy (non-hydrogen) atoms. The summed E-state index contributed by atoms with van der Waals surface area (Å²) >= 11 is 0. The highest BCUT2D eigenvalue weighted by molar-refractivity contribution is 6.11. The van der Waals surface area contributed by atoms with Gasteiger partial charge in [0.05, 0.1) is 16.9 Å². The van der Waals surface area contributed by atoms with Crippen molar-refractivity contribution in [3.63, 3.8) is 0 Å². The second kappa shape index (κ2) is 13.0. The van der Waals surface area contributed by atoms with E-state index in [2.05, 4.69) is 174 Å². The Morgan fingerprint density at radius 3 is 1.81 bits per heavy atom. The van der Waals surface area contributed by atoms with Gasteiger partial charge in [-0.1, -0.05) is 158 Å². The van der Waals surface area contributed by atoms with Gasteiger partial charge in [0, 0.05) is 33.5 Å². The highest BCUT2D eigenvalue weighted by Crippen LogP contribution is 2.43.